The fourth-order valence-corrected chi connectivity index (χ4v) is 3.21. The van der Waals surface area contributed by atoms with Gasteiger partial charge in [0.1, 0.15) is 17.4 Å². The van der Waals surface area contributed by atoms with Crippen molar-refractivity contribution in [3.63, 3.8) is 0 Å². The second-order valence-electron chi connectivity index (χ2n) is 6.28. The van der Waals surface area contributed by atoms with Gasteiger partial charge in [0, 0.05) is 16.5 Å². The first-order valence-corrected chi connectivity index (χ1v) is 8.51. The van der Waals surface area contributed by atoms with Crippen LogP contribution in [0.2, 0.25) is 0 Å². The Hall–Kier alpha value is -3.17. The molecule has 0 fully saturated rings. The fraction of sp³-hybridized carbons (Fsp3) is 0.0870. The number of Topliss-reactive ketones (excluding diaryl/α,β-unsaturated/α-hetero) is 1. The highest BCUT2D eigenvalue weighted by molar-refractivity contribution is 5.98. The fourth-order valence-electron chi connectivity index (χ4n) is 3.21. The number of hydrogen-bond donors (Lipinski definition) is 1. The summed E-state index contributed by atoms with van der Waals surface area (Å²) < 4.78 is 6.03. The van der Waals surface area contributed by atoms with E-state index in [1.807, 2.05) is 66.7 Å². The van der Waals surface area contributed by atoms with E-state index >= 15 is 0 Å². The van der Waals surface area contributed by atoms with Gasteiger partial charge in [-0.25, -0.2) is 0 Å². The number of hydrogen-bond acceptors (Lipinski definition) is 3. The Balaban J connectivity index is 1.91. The molecule has 4 rings (SSSR count). The van der Waals surface area contributed by atoms with Crippen molar-refractivity contribution < 1.29 is 14.3 Å². The van der Waals surface area contributed by atoms with Crippen molar-refractivity contribution >= 4 is 16.8 Å². The number of furan rings is 1. The first kappa shape index (κ1) is 16.3. The monoisotopic (exact) mass is 342 g/mol. The minimum Gasteiger partial charge on any atom is -0.457 e. The molecule has 1 atom stereocenters. The predicted octanol–water partition coefficient (Wildman–Crippen LogP) is 5.38. The lowest BCUT2D eigenvalue weighted by Crippen LogP contribution is -2.00. The molecule has 0 spiro atoms. The number of carbonyl (C=O) groups is 1. The first-order valence-electron chi connectivity index (χ1n) is 8.51. The zero-order chi connectivity index (χ0) is 18.1. The SMILES string of the molecule is CC(=O)c1ccc(-c2c(C(O)c3ccccc3)oc3ccccc23)cc1. The maximum atomic E-state index is 11.6. The molecule has 0 aliphatic carbocycles. The molecule has 0 saturated carbocycles. The van der Waals surface area contributed by atoms with Gasteiger partial charge in [-0.15, -0.1) is 0 Å². The number of benzene rings is 3. The van der Waals surface area contributed by atoms with Gasteiger partial charge in [-0.3, -0.25) is 4.79 Å². The average molecular weight is 342 g/mol. The van der Waals surface area contributed by atoms with Crippen molar-refractivity contribution in [2.45, 2.75) is 13.0 Å². The number of rotatable bonds is 4. The normalized spacial score (nSPS) is 12.2. The van der Waals surface area contributed by atoms with Crippen molar-refractivity contribution in [1.82, 2.24) is 0 Å². The zero-order valence-electron chi connectivity index (χ0n) is 14.3. The summed E-state index contributed by atoms with van der Waals surface area (Å²) in [6.45, 7) is 1.55. The maximum absolute atomic E-state index is 11.6. The highest BCUT2D eigenvalue weighted by atomic mass is 16.4. The van der Waals surface area contributed by atoms with Crippen LogP contribution in [0.5, 0.6) is 0 Å². The average Bonchev–Trinajstić information content (AvgIpc) is 3.07. The summed E-state index contributed by atoms with van der Waals surface area (Å²) >= 11 is 0. The van der Waals surface area contributed by atoms with E-state index in [1.54, 1.807) is 19.1 Å². The molecule has 1 heterocycles. The summed E-state index contributed by atoms with van der Waals surface area (Å²) in [7, 11) is 0. The van der Waals surface area contributed by atoms with Crippen molar-refractivity contribution in [1.29, 1.82) is 0 Å². The van der Waals surface area contributed by atoms with Gasteiger partial charge in [-0.1, -0.05) is 72.8 Å². The molecular formula is C23H18O3. The van der Waals surface area contributed by atoms with Crippen molar-refractivity contribution in [2.75, 3.05) is 0 Å². The third-order valence-electron chi connectivity index (χ3n) is 4.57. The van der Waals surface area contributed by atoms with E-state index in [-0.39, 0.29) is 5.78 Å². The summed E-state index contributed by atoms with van der Waals surface area (Å²) in [6, 6.07) is 24.6. The molecule has 1 unspecified atom stereocenters. The first-order chi connectivity index (χ1) is 12.6. The molecule has 4 aromatic rings. The van der Waals surface area contributed by atoms with Crippen LogP contribution in [0, 0.1) is 0 Å². The molecule has 0 bridgehead atoms. The van der Waals surface area contributed by atoms with Gasteiger partial charge >= 0.3 is 0 Å². The second-order valence-corrected chi connectivity index (χ2v) is 6.28. The molecule has 0 amide bonds. The number of carbonyl (C=O) groups excluding carboxylic acids is 1. The quantitative estimate of drug-likeness (QED) is 0.506. The van der Waals surface area contributed by atoms with Gasteiger partial charge in [0.15, 0.2) is 5.78 Å². The Bertz CT molecular complexity index is 1060. The van der Waals surface area contributed by atoms with Crippen LogP contribution < -0.4 is 0 Å². The molecule has 26 heavy (non-hydrogen) atoms. The summed E-state index contributed by atoms with van der Waals surface area (Å²) in [6.07, 6.45) is -0.869. The Kier molecular flexibility index (Phi) is 4.15. The van der Waals surface area contributed by atoms with E-state index in [9.17, 15) is 9.90 Å². The van der Waals surface area contributed by atoms with Gasteiger partial charge < -0.3 is 9.52 Å². The molecule has 3 nitrogen and oxygen atoms in total. The summed E-state index contributed by atoms with van der Waals surface area (Å²) in [4.78, 5) is 11.6. The van der Waals surface area contributed by atoms with Crippen LogP contribution >= 0.6 is 0 Å². The van der Waals surface area contributed by atoms with Gasteiger partial charge in [0.05, 0.1) is 0 Å². The van der Waals surface area contributed by atoms with E-state index < -0.39 is 6.10 Å². The molecule has 128 valence electrons. The van der Waals surface area contributed by atoms with Crippen LogP contribution in [0.4, 0.5) is 0 Å². The van der Waals surface area contributed by atoms with E-state index in [1.165, 1.54) is 0 Å². The van der Waals surface area contributed by atoms with Crippen LogP contribution in [-0.4, -0.2) is 10.9 Å². The van der Waals surface area contributed by atoms with E-state index in [0.29, 0.717) is 11.3 Å². The molecule has 1 N–H and O–H groups in total. The summed E-state index contributed by atoms with van der Waals surface area (Å²) in [5.41, 5.74) is 3.92. The van der Waals surface area contributed by atoms with Crippen molar-refractivity contribution in [3.8, 4) is 11.1 Å². The van der Waals surface area contributed by atoms with Gasteiger partial charge in [0.2, 0.25) is 0 Å². The lowest BCUT2D eigenvalue weighted by Gasteiger charge is -2.11. The Morgan fingerprint density at radius 2 is 1.54 bits per heavy atom. The molecular weight excluding hydrogens is 324 g/mol. The molecule has 3 heteroatoms. The third-order valence-corrected chi connectivity index (χ3v) is 4.57. The van der Waals surface area contributed by atoms with E-state index in [0.717, 1.165) is 27.7 Å². The predicted molar refractivity (Wildman–Crippen MR) is 102 cm³/mol. The Labute approximate surface area is 151 Å². The van der Waals surface area contributed by atoms with Crippen LogP contribution in [0.25, 0.3) is 22.1 Å². The Morgan fingerprint density at radius 3 is 2.23 bits per heavy atom. The molecule has 1 aromatic heterocycles. The van der Waals surface area contributed by atoms with Gasteiger partial charge in [-0.05, 0) is 24.1 Å². The van der Waals surface area contributed by atoms with Gasteiger partial charge in [-0.2, -0.15) is 0 Å². The molecule has 3 aromatic carbocycles. The molecule has 0 aliphatic heterocycles. The highest BCUT2D eigenvalue weighted by Crippen LogP contribution is 2.40. The lowest BCUT2D eigenvalue weighted by molar-refractivity contribution is 0.101. The third kappa shape index (κ3) is 2.83. The number of para-hydroxylation sites is 1. The summed E-state index contributed by atoms with van der Waals surface area (Å²) in [5.74, 6) is 0.533. The largest absolute Gasteiger partial charge is 0.457 e. The zero-order valence-corrected chi connectivity index (χ0v) is 14.3. The minimum atomic E-state index is -0.869. The van der Waals surface area contributed by atoms with Crippen LogP contribution in [0.3, 0.4) is 0 Å². The Morgan fingerprint density at radius 1 is 0.885 bits per heavy atom. The number of aliphatic hydroxyl groups excluding tert-OH is 1. The smallest absolute Gasteiger partial charge is 0.159 e. The highest BCUT2D eigenvalue weighted by Gasteiger charge is 2.23. The van der Waals surface area contributed by atoms with Crippen LogP contribution in [0.1, 0.15) is 34.7 Å². The van der Waals surface area contributed by atoms with Gasteiger partial charge in [0.25, 0.3) is 0 Å². The number of fused-ring (bicyclic) bond motifs is 1. The summed E-state index contributed by atoms with van der Waals surface area (Å²) in [5, 5.41) is 11.9. The van der Waals surface area contributed by atoms with E-state index in [4.69, 9.17) is 4.42 Å². The second kappa shape index (κ2) is 6.62. The standard InChI is InChI=1S/C23H18O3/c1-15(24)16-11-13-17(14-12-16)21-19-9-5-6-10-20(19)26-23(21)22(25)18-7-3-2-4-8-18/h2-14,22,25H,1H3. The van der Waals surface area contributed by atoms with Crippen LogP contribution in [0.15, 0.2) is 83.3 Å². The number of ketones is 1. The van der Waals surface area contributed by atoms with Crippen molar-refractivity contribution in [3.05, 3.63) is 95.7 Å². The lowest BCUT2D eigenvalue weighted by atomic mass is 9.96. The number of aliphatic hydroxyl groups is 1. The van der Waals surface area contributed by atoms with Crippen LogP contribution in [-0.2, 0) is 0 Å². The molecule has 0 radical (unpaired) electrons. The molecule has 0 aliphatic rings. The van der Waals surface area contributed by atoms with E-state index in [2.05, 4.69) is 0 Å². The molecule has 0 saturated heterocycles. The maximum Gasteiger partial charge on any atom is 0.159 e. The minimum absolute atomic E-state index is 0.0261. The van der Waals surface area contributed by atoms with Crippen molar-refractivity contribution in [2.24, 2.45) is 0 Å². The topological polar surface area (TPSA) is 50.4 Å².